The molecule has 0 aliphatic heterocycles. The highest BCUT2D eigenvalue weighted by atomic mass is 16.3. The van der Waals surface area contributed by atoms with Crippen LogP contribution >= 0.6 is 0 Å². The number of aliphatic hydroxyl groups is 1. The standard InChI is InChI=1S/C12H17NO/c1-11(14)10-3-8-2-9(4-10)6-12(11,5-8)7-13/h8-10,14H,2-6H2,1H3. The Morgan fingerprint density at radius 3 is 2.29 bits per heavy atom. The molecule has 2 heteroatoms. The van der Waals surface area contributed by atoms with Crippen LogP contribution in [-0.2, 0) is 0 Å². The highest BCUT2D eigenvalue weighted by molar-refractivity contribution is 5.20. The number of nitrogens with zero attached hydrogens (tertiary/aromatic N) is 1. The Bertz CT molecular complexity index is 301. The number of nitriles is 1. The molecule has 0 radical (unpaired) electrons. The normalized spacial score (nSPS) is 59.9. The van der Waals surface area contributed by atoms with E-state index in [2.05, 4.69) is 6.07 Å². The Hall–Kier alpha value is -0.550. The van der Waals surface area contributed by atoms with Crippen molar-refractivity contribution in [2.45, 2.75) is 44.6 Å². The third-order valence-electron chi connectivity index (χ3n) is 5.15. The fourth-order valence-electron chi connectivity index (χ4n) is 4.43. The summed E-state index contributed by atoms with van der Waals surface area (Å²) in [7, 11) is 0. The molecule has 4 fully saturated rings. The zero-order chi connectivity index (χ0) is 9.97. The lowest BCUT2D eigenvalue weighted by Gasteiger charge is -2.61. The molecule has 3 atom stereocenters. The molecule has 2 nitrogen and oxygen atoms in total. The van der Waals surface area contributed by atoms with Gasteiger partial charge in [0.05, 0.1) is 17.1 Å². The second kappa shape index (κ2) is 2.33. The topological polar surface area (TPSA) is 44.0 Å². The molecule has 0 saturated heterocycles. The molecule has 4 aliphatic carbocycles. The lowest BCUT2D eigenvalue weighted by molar-refractivity contribution is -0.194. The van der Waals surface area contributed by atoms with E-state index in [-0.39, 0.29) is 0 Å². The first kappa shape index (κ1) is 8.73. The van der Waals surface area contributed by atoms with Crippen molar-refractivity contribution >= 4 is 0 Å². The minimum absolute atomic E-state index is 0.397. The summed E-state index contributed by atoms with van der Waals surface area (Å²) in [6.07, 6.45) is 5.53. The van der Waals surface area contributed by atoms with Crippen molar-refractivity contribution in [2.24, 2.45) is 23.2 Å². The highest BCUT2D eigenvalue weighted by Gasteiger charge is 2.63. The molecule has 1 N–H and O–H groups in total. The summed E-state index contributed by atoms with van der Waals surface area (Å²) in [6, 6.07) is 2.45. The Kier molecular flexibility index (Phi) is 1.46. The average Bonchev–Trinajstić information content (AvgIpc) is 2.13. The van der Waals surface area contributed by atoms with Crippen molar-refractivity contribution in [1.82, 2.24) is 0 Å². The van der Waals surface area contributed by atoms with E-state index in [1.807, 2.05) is 6.92 Å². The Labute approximate surface area is 84.9 Å². The maximum absolute atomic E-state index is 10.5. The van der Waals surface area contributed by atoms with Crippen LogP contribution in [0.15, 0.2) is 0 Å². The van der Waals surface area contributed by atoms with Crippen molar-refractivity contribution in [2.75, 3.05) is 0 Å². The maximum atomic E-state index is 10.5. The largest absolute Gasteiger partial charge is 0.388 e. The molecule has 14 heavy (non-hydrogen) atoms. The van der Waals surface area contributed by atoms with Crippen LogP contribution in [0, 0.1) is 34.5 Å². The van der Waals surface area contributed by atoms with Gasteiger partial charge in [0.2, 0.25) is 0 Å². The summed E-state index contributed by atoms with van der Waals surface area (Å²) in [6.45, 7) is 1.90. The molecule has 4 rings (SSSR count). The summed E-state index contributed by atoms with van der Waals surface area (Å²) in [5.74, 6) is 1.85. The first-order valence-electron chi connectivity index (χ1n) is 5.71. The van der Waals surface area contributed by atoms with Gasteiger partial charge in [0.1, 0.15) is 0 Å². The second-order valence-corrected chi connectivity index (χ2v) is 5.89. The van der Waals surface area contributed by atoms with E-state index in [9.17, 15) is 10.4 Å². The zero-order valence-corrected chi connectivity index (χ0v) is 8.66. The van der Waals surface area contributed by atoms with E-state index in [1.54, 1.807) is 0 Å². The third kappa shape index (κ3) is 0.803. The SMILES string of the molecule is CC1(O)C2CC3CC(C2)CC1(C#N)C3. The number of hydrogen-bond acceptors (Lipinski definition) is 2. The van der Waals surface area contributed by atoms with Crippen LogP contribution in [-0.4, -0.2) is 10.7 Å². The van der Waals surface area contributed by atoms with Crippen LogP contribution in [0.3, 0.4) is 0 Å². The minimum atomic E-state index is -0.713. The monoisotopic (exact) mass is 191 g/mol. The maximum Gasteiger partial charge on any atom is 0.0865 e. The van der Waals surface area contributed by atoms with E-state index in [0.29, 0.717) is 5.92 Å². The van der Waals surface area contributed by atoms with Gasteiger partial charge in [-0.3, -0.25) is 0 Å². The molecule has 0 aromatic heterocycles. The first-order valence-corrected chi connectivity index (χ1v) is 5.71. The van der Waals surface area contributed by atoms with E-state index < -0.39 is 11.0 Å². The molecule has 0 aromatic carbocycles. The van der Waals surface area contributed by atoms with Crippen LogP contribution < -0.4 is 0 Å². The van der Waals surface area contributed by atoms with Crippen molar-refractivity contribution in [3.05, 3.63) is 0 Å². The van der Waals surface area contributed by atoms with E-state index in [0.717, 1.165) is 37.5 Å². The van der Waals surface area contributed by atoms with Gasteiger partial charge in [-0.1, -0.05) is 0 Å². The summed E-state index contributed by atoms with van der Waals surface area (Å²) in [5, 5.41) is 19.9. The highest BCUT2D eigenvalue weighted by Crippen LogP contribution is 2.64. The summed E-state index contributed by atoms with van der Waals surface area (Å²) in [4.78, 5) is 0. The Morgan fingerprint density at radius 2 is 1.79 bits per heavy atom. The average molecular weight is 191 g/mol. The van der Waals surface area contributed by atoms with Gasteiger partial charge in [-0.15, -0.1) is 0 Å². The number of rotatable bonds is 0. The molecule has 0 spiro atoms. The van der Waals surface area contributed by atoms with Crippen LogP contribution in [0.4, 0.5) is 0 Å². The fourth-order valence-corrected chi connectivity index (χ4v) is 4.43. The quantitative estimate of drug-likeness (QED) is 0.637. The van der Waals surface area contributed by atoms with Gasteiger partial charge in [0.15, 0.2) is 0 Å². The fraction of sp³-hybridized carbons (Fsp3) is 0.917. The van der Waals surface area contributed by atoms with Crippen molar-refractivity contribution in [3.8, 4) is 6.07 Å². The molecule has 4 aliphatic rings. The predicted molar refractivity (Wildman–Crippen MR) is 52.2 cm³/mol. The van der Waals surface area contributed by atoms with Gasteiger partial charge in [0.25, 0.3) is 0 Å². The van der Waals surface area contributed by atoms with Gasteiger partial charge in [-0.25, -0.2) is 0 Å². The Balaban J connectivity index is 2.08. The molecule has 0 amide bonds. The third-order valence-corrected chi connectivity index (χ3v) is 5.15. The molecular formula is C12H17NO. The van der Waals surface area contributed by atoms with Crippen molar-refractivity contribution in [1.29, 1.82) is 5.26 Å². The molecule has 3 unspecified atom stereocenters. The summed E-state index contributed by atoms with van der Waals surface area (Å²) >= 11 is 0. The van der Waals surface area contributed by atoms with E-state index in [4.69, 9.17) is 0 Å². The zero-order valence-electron chi connectivity index (χ0n) is 8.66. The van der Waals surface area contributed by atoms with Gasteiger partial charge >= 0.3 is 0 Å². The van der Waals surface area contributed by atoms with Gasteiger partial charge < -0.3 is 5.11 Å². The van der Waals surface area contributed by atoms with Crippen LogP contribution in [0.2, 0.25) is 0 Å². The van der Waals surface area contributed by atoms with Crippen LogP contribution in [0.5, 0.6) is 0 Å². The van der Waals surface area contributed by atoms with Crippen LogP contribution in [0.25, 0.3) is 0 Å². The lowest BCUT2D eigenvalue weighted by Crippen LogP contribution is -2.62. The second-order valence-electron chi connectivity index (χ2n) is 5.89. The molecule has 76 valence electrons. The first-order chi connectivity index (χ1) is 6.57. The smallest absolute Gasteiger partial charge is 0.0865 e. The van der Waals surface area contributed by atoms with E-state index in [1.165, 1.54) is 6.42 Å². The minimum Gasteiger partial charge on any atom is -0.388 e. The molecule has 4 bridgehead atoms. The van der Waals surface area contributed by atoms with Gasteiger partial charge in [-0.2, -0.15) is 5.26 Å². The summed E-state index contributed by atoms with van der Waals surface area (Å²) in [5.41, 5.74) is -1.11. The molecular weight excluding hydrogens is 174 g/mol. The lowest BCUT2D eigenvalue weighted by atomic mass is 9.44. The predicted octanol–water partition coefficient (Wildman–Crippen LogP) is 2.09. The Morgan fingerprint density at radius 1 is 1.21 bits per heavy atom. The number of hydrogen-bond donors (Lipinski definition) is 1. The van der Waals surface area contributed by atoms with Gasteiger partial charge in [-0.05, 0) is 56.8 Å². The van der Waals surface area contributed by atoms with E-state index >= 15 is 0 Å². The van der Waals surface area contributed by atoms with Crippen LogP contribution in [0.1, 0.15) is 39.0 Å². The van der Waals surface area contributed by atoms with Crippen molar-refractivity contribution < 1.29 is 5.11 Å². The molecule has 0 aromatic rings. The van der Waals surface area contributed by atoms with Crippen molar-refractivity contribution in [3.63, 3.8) is 0 Å². The van der Waals surface area contributed by atoms with Gasteiger partial charge in [0, 0.05) is 0 Å². The molecule has 4 saturated carbocycles. The molecule has 0 heterocycles. The summed E-state index contributed by atoms with van der Waals surface area (Å²) < 4.78 is 0.